The number of cyclic esters (lactones) is 1. The van der Waals surface area contributed by atoms with Crippen molar-refractivity contribution in [1.29, 1.82) is 0 Å². The fourth-order valence-electron chi connectivity index (χ4n) is 10.4. The van der Waals surface area contributed by atoms with Crippen molar-refractivity contribution in [3.63, 3.8) is 0 Å². The molecule has 14 nitrogen and oxygen atoms in total. The van der Waals surface area contributed by atoms with Crippen molar-refractivity contribution >= 4 is 36.6 Å². The topological polar surface area (TPSA) is 192 Å². The second-order valence-electron chi connectivity index (χ2n) is 21.7. The van der Waals surface area contributed by atoms with E-state index in [9.17, 15) is 38.8 Å². The summed E-state index contributed by atoms with van der Waals surface area (Å²) in [5, 5.41) is 23.2. The molecule has 1 amide bonds. The number of hydrogen-bond donors (Lipinski definition) is 2. The molecule has 2 fully saturated rings. The minimum atomic E-state index is -2.78. The van der Waals surface area contributed by atoms with Crippen LogP contribution in [-0.4, -0.2) is 134 Å². The first-order chi connectivity index (χ1) is 32.7. The maximum atomic E-state index is 14.4. The number of aliphatic hydroxyl groups excluding tert-OH is 1. The van der Waals surface area contributed by atoms with E-state index in [1.807, 2.05) is 58.1 Å². The van der Waals surface area contributed by atoms with Crippen LogP contribution in [-0.2, 0) is 52.0 Å². The van der Waals surface area contributed by atoms with E-state index in [1.165, 1.54) is 18.9 Å². The number of carbonyl (C=O) groups excluding carboxylic acids is 5. The van der Waals surface area contributed by atoms with E-state index in [2.05, 4.69) is 6.92 Å². The third kappa shape index (κ3) is 18.1. The highest BCUT2D eigenvalue weighted by molar-refractivity contribution is 7.57. The lowest BCUT2D eigenvalue weighted by atomic mass is 9.78. The van der Waals surface area contributed by atoms with Crippen LogP contribution in [0.5, 0.6) is 0 Å². The van der Waals surface area contributed by atoms with Gasteiger partial charge in [-0.25, -0.2) is 4.79 Å². The fourth-order valence-corrected chi connectivity index (χ4v) is 11.3. The molecule has 398 valence electrons. The van der Waals surface area contributed by atoms with Gasteiger partial charge in [-0.2, -0.15) is 0 Å². The lowest BCUT2D eigenvalue weighted by Gasteiger charge is -2.39. The molecule has 1 saturated heterocycles. The van der Waals surface area contributed by atoms with Crippen molar-refractivity contribution < 1.29 is 62.2 Å². The number of aliphatic hydroxyl groups is 2. The normalized spacial score (nSPS) is 37.5. The number of piperidine rings is 1. The largest absolute Gasteiger partial charge is 0.460 e. The van der Waals surface area contributed by atoms with Gasteiger partial charge in [0, 0.05) is 59.5 Å². The zero-order valence-corrected chi connectivity index (χ0v) is 45.9. The SMILES string of the molecule is CO[C@H]1C[C@@H](C)CC[C@@H](C)[C@](C)(O)C(=O)C(=O)N2CCCC[C@H]2C(=O)O[C@H]([C@H](C)C[C@@H]2CC[C@@H](OP(C)(C)=O)[C@H](OC)C2)CC(=O)[C@H](C)/C=C(\C)[C@@H](O)[C@@H](OC)C(=O)[C@H](C)C[C@H](C)/C=C/C=C/C=C1C. The Hall–Kier alpha value is -3.10. The quantitative estimate of drug-likeness (QED) is 0.101. The van der Waals surface area contributed by atoms with E-state index in [-0.39, 0.29) is 72.9 Å². The van der Waals surface area contributed by atoms with Crippen molar-refractivity contribution in [2.75, 3.05) is 41.2 Å². The molecule has 2 heterocycles. The molecule has 2 N–H and O–H groups in total. The second kappa shape index (κ2) is 28.4. The molecule has 70 heavy (non-hydrogen) atoms. The first-order valence-electron chi connectivity index (χ1n) is 25.8. The molecule has 0 bridgehead atoms. The van der Waals surface area contributed by atoms with Crippen LogP contribution in [0.25, 0.3) is 0 Å². The van der Waals surface area contributed by atoms with Gasteiger partial charge in [0.25, 0.3) is 11.7 Å². The number of Topliss-reactive ketones (excluding diaryl/α,β-unsaturated/α-hetero) is 3. The number of fused-ring (bicyclic) bond motifs is 1. The van der Waals surface area contributed by atoms with Gasteiger partial charge in [0.2, 0.25) is 0 Å². The maximum absolute atomic E-state index is 14.4. The summed E-state index contributed by atoms with van der Waals surface area (Å²) in [6.45, 7) is 19.7. The summed E-state index contributed by atoms with van der Waals surface area (Å²) in [6, 6.07) is -1.11. The molecule has 3 rings (SSSR count). The predicted molar refractivity (Wildman–Crippen MR) is 273 cm³/mol. The van der Waals surface area contributed by atoms with E-state index in [0.29, 0.717) is 63.4 Å². The Labute approximate surface area is 420 Å². The van der Waals surface area contributed by atoms with Gasteiger partial charge in [0.15, 0.2) is 13.2 Å². The lowest BCUT2D eigenvalue weighted by Crippen LogP contribution is -2.57. The Morgan fingerprint density at radius 3 is 2.16 bits per heavy atom. The molecule has 15 heteroatoms. The minimum absolute atomic E-state index is 0.0416. The highest BCUT2D eigenvalue weighted by Gasteiger charge is 2.46. The molecule has 1 aliphatic carbocycles. The Balaban J connectivity index is 2.02. The molecular formula is C55H90NO13P. The first-order valence-corrected chi connectivity index (χ1v) is 28.3. The number of carbonyl (C=O) groups is 5. The van der Waals surface area contributed by atoms with Gasteiger partial charge in [-0.05, 0) is 126 Å². The monoisotopic (exact) mass is 1000 g/mol. The number of allylic oxidation sites excluding steroid dienone is 6. The van der Waals surface area contributed by atoms with Crippen LogP contribution < -0.4 is 0 Å². The number of nitrogens with zero attached hydrogens (tertiary/aromatic N) is 1. The highest BCUT2D eigenvalue weighted by Crippen LogP contribution is 2.44. The van der Waals surface area contributed by atoms with Gasteiger partial charge < -0.3 is 38.6 Å². The minimum Gasteiger partial charge on any atom is -0.460 e. The van der Waals surface area contributed by atoms with Gasteiger partial charge in [-0.1, -0.05) is 84.4 Å². The molecule has 2 aliphatic heterocycles. The first kappa shape index (κ1) is 61.2. The average molecular weight is 1000 g/mol. The Bertz CT molecular complexity index is 1920. The standard InChI is InChI=1S/C55H90NO13P/c1-34-20-16-15-17-21-36(3)46(65-10)29-35(2)23-24-41(8)55(9,63)52(60)53(61)56-27-19-18-22-43(56)54(62)68-47(38(5)31-42-25-26-45(48(32-42)66-11)69-70(13,14)64)33-44(57)37(4)30-40(7)50(59)51(67-12)49(58)39(6)28-34/h15-17,20-21,30,34-35,37-39,41-43,45-48,50-51,59,63H,18-19,22-29,31-33H2,1-14H3/b17-15+,20-16+,36-21?,40-30+/t34-,35+,37-,38-,39-,41-,42+,43+,45-,46+,47+,48-,50-,51+,55+/m1/s1. The maximum Gasteiger partial charge on any atom is 0.329 e. The van der Waals surface area contributed by atoms with E-state index in [0.717, 1.165) is 12.0 Å². The molecule has 0 aromatic heterocycles. The molecule has 0 aromatic rings. The second-order valence-corrected chi connectivity index (χ2v) is 24.5. The number of ether oxygens (including phenoxy) is 4. The number of ketones is 3. The van der Waals surface area contributed by atoms with Gasteiger partial charge in [0.05, 0.1) is 18.3 Å². The van der Waals surface area contributed by atoms with Crippen LogP contribution in [0.2, 0.25) is 0 Å². The number of amides is 1. The Morgan fingerprint density at radius 2 is 1.53 bits per heavy atom. The fraction of sp³-hybridized carbons (Fsp3) is 0.764. The summed E-state index contributed by atoms with van der Waals surface area (Å²) in [6.07, 6.45) is 13.4. The lowest BCUT2D eigenvalue weighted by molar-refractivity contribution is -0.169. The average Bonchev–Trinajstić information content (AvgIpc) is 3.30. The van der Waals surface area contributed by atoms with Gasteiger partial charge >= 0.3 is 5.97 Å². The molecule has 3 aliphatic rings. The van der Waals surface area contributed by atoms with Crippen LogP contribution >= 0.6 is 7.37 Å². The van der Waals surface area contributed by atoms with E-state index >= 15 is 0 Å². The van der Waals surface area contributed by atoms with E-state index in [4.69, 9.17) is 23.5 Å². The van der Waals surface area contributed by atoms with Crippen LogP contribution in [0.4, 0.5) is 0 Å². The zero-order valence-electron chi connectivity index (χ0n) is 45.0. The van der Waals surface area contributed by atoms with E-state index in [1.54, 1.807) is 54.4 Å². The molecule has 1 saturated carbocycles. The molecule has 0 spiro atoms. The van der Waals surface area contributed by atoms with Crippen LogP contribution in [0.1, 0.15) is 139 Å². The summed E-state index contributed by atoms with van der Waals surface area (Å²) in [7, 11) is 1.87. The van der Waals surface area contributed by atoms with Crippen LogP contribution in [0, 0.1) is 41.4 Å². The van der Waals surface area contributed by atoms with Crippen molar-refractivity contribution in [1.82, 2.24) is 4.90 Å². The third-order valence-corrected chi connectivity index (χ3v) is 16.0. The van der Waals surface area contributed by atoms with Gasteiger partial charge in [0.1, 0.15) is 35.7 Å². The molecule has 15 atom stereocenters. The van der Waals surface area contributed by atoms with Gasteiger partial charge in [-0.3, -0.25) is 23.7 Å². The third-order valence-electron chi connectivity index (χ3n) is 15.2. The Morgan fingerprint density at radius 1 is 0.843 bits per heavy atom. The molecule has 0 aromatic carbocycles. The summed E-state index contributed by atoms with van der Waals surface area (Å²) >= 11 is 0. The summed E-state index contributed by atoms with van der Waals surface area (Å²) in [4.78, 5) is 71.9. The van der Waals surface area contributed by atoms with Crippen molar-refractivity contribution in [2.45, 2.75) is 188 Å². The summed E-state index contributed by atoms with van der Waals surface area (Å²) < 4.78 is 42.1. The number of esters is 1. The van der Waals surface area contributed by atoms with Crippen LogP contribution in [0.3, 0.4) is 0 Å². The summed E-state index contributed by atoms with van der Waals surface area (Å²) in [5.41, 5.74) is -0.588. The Kier molecular flexibility index (Phi) is 24.8. The predicted octanol–water partition coefficient (Wildman–Crippen LogP) is 9.04. The molecule has 0 radical (unpaired) electrons. The van der Waals surface area contributed by atoms with Crippen molar-refractivity contribution in [3.8, 4) is 0 Å². The molecule has 0 unspecified atom stereocenters. The van der Waals surface area contributed by atoms with E-state index < -0.39 is 72.7 Å². The number of rotatable bonds is 8. The number of methoxy groups -OCH3 is 3. The van der Waals surface area contributed by atoms with Gasteiger partial charge in [-0.15, -0.1) is 0 Å². The zero-order chi connectivity index (χ0) is 52.7. The number of hydrogen-bond acceptors (Lipinski definition) is 13. The van der Waals surface area contributed by atoms with Crippen molar-refractivity contribution in [3.05, 3.63) is 47.6 Å². The van der Waals surface area contributed by atoms with Crippen molar-refractivity contribution in [2.24, 2.45) is 41.4 Å². The molecular weight excluding hydrogens is 914 g/mol. The highest BCUT2D eigenvalue weighted by atomic mass is 31.2. The smallest absolute Gasteiger partial charge is 0.329 e. The summed E-state index contributed by atoms with van der Waals surface area (Å²) in [5.74, 6) is -4.98. The van der Waals surface area contributed by atoms with Crippen LogP contribution in [0.15, 0.2) is 47.6 Å².